The van der Waals surface area contributed by atoms with Crippen molar-refractivity contribution >= 4 is 39.4 Å². The van der Waals surface area contributed by atoms with Gasteiger partial charge in [0, 0.05) is 10.6 Å². The molecule has 1 amide bonds. The zero-order valence-corrected chi connectivity index (χ0v) is 18.1. The number of sulfonamides is 1. The second-order valence-corrected chi connectivity index (χ2v) is 8.79. The maximum Gasteiger partial charge on any atom is 0.264 e. The Labute approximate surface area is 185 Å². The molecular formula is C22H19ClFN3O3S. The number of nitrogens with zero attached hydrogens (tertiary/aromatic N) is 2. The lowest BCUT2D eigenvalue weighted by atomic mass is 10.2. The average Bonchev–Trinajstić information content (AvgIpc) is 2.76. The molecule has 6 nitrogen and oxygen atoms in total. The fourth-order valence-electron chi connectivity index (χ4n) is 2.80. The van der Waals surface area contributed by atoms with Gasteiger partial charge < -0.3 is 0 Å². The molecule has 0 aliphatic rings. The number of hydrogen-bond acceptors (Lipinski definition) is 4. The standard InChI is InChI=1S/C22H19ClFN3O3S/c1-16-19(23)11-7-13-21(16)27(31(29,30)18-9-3-2-4-10-18)15-22(28)26-25-14-17-8-5-6-12-20(17)24/h2-14H,15H2,1H3,(H,26,28)/b25-14-. The Hall–Kier alpha value is -3.23. The number of benzene rings is 3. The van der Waals surface area contributed by atoms with Crippen molar-refractivity contribution in [2.75, 3.05) is 10.8 Å². The number of carbonyl (C=O) groups is 1. The number of rotatable bonds is 7. The molecule has 0 aliphatic heterocycles. The number of halogens is 2. The second-order valence-electron chi connectivity index (χ2n) is 6.52. The Bertz CT molecular complexity index is 1220. The van der Waals surface area contributed by atoms with Gasteiger partial charge in [0.15, 0.2) is 0 Å². The van der Waals surface area contributed by atoms with Crippen LogP contribution in [0, 0.1) is 12.7 Å². The molecule has 0 unspecified atom stereocenters. The molecule has 31 heavy (non-hydrogen) atoms. The molecule has 0 saturated heterocycles. The van der Waals surface area contributed by atoms with Crippen molar-refractivity contribution in [2.24, 2.45) is 5.10 Å². The number of hydrazone groups is 1. The summed E-state index contributed by atoms with van der Waals surface area (Å²) in [5.41, 5.74) is 3.20. The molecule has 0 saturated carbocycles. The molecule has 3 rings (SSSR count). The maximum atomic E-state index is 13.7. The highest BCUT2D eigenvalue weighted by Crippen LogP contribution is 2.30. The Morgan fingerprint density at radius 1 is 1.06 bits per heavy atom. The number of amides is 1. The van der Waals surface area contributed by atoms with Gasteiger partial charge in [-0.25, -0.2) is 18.2 Å². The Morgan fingerprint density at radius 3 is 2.45 bits per heavy atom. The molecule has 3 aromatic rings. The van der Waals surface area contributed by atoms with Crippen LogP contribution in [0.2, 0.25) is 5.02 Å². The highest BCUT2D eigenvalue weighted by molar-refractivity contribution is 7.92. The predicted octanol–water partition coefficient (Wildman–Crippen LogP) is 4.13. The maximum absolute atomic E-state index is 13.7. The van der Waals surface area contributed by atoms with Crippen molar-refractivity contribution in [3.05, 3.63) is 94.8 Å². The van der Waals surface area contributed by atoms with Gasteiger partial charge in [0.2, 0.25) is 0 Å². The lowest BCUT2D eigenvalue weighted by molar-refractivity contribution is -0.119. The quantitative estimate of drug-likeness (QED) is 0.426. The number of anilines is 1. The van der Waals surface area contributed by atoms with Crippen molar-refractivity contribution < 1.29 is 17.6 Å². The van der Waals surface area contributed by atoms with Crippen LogP contribution >= 0.6 is 11.6 Å². The molecule has 0 bridgehead atoms. The van der Waals surface area contributed by atoms with Gasteiger partial charge in [0.1, 0.15) is 12.4 Å². The second kappa shape index (κ2) is 9.72. The minimum absolute atomic E-state index is 0.0250. The van der Waals surface area contributed by atoms with E-state index in [4.69, 9.17) is 11.6 Å². The number of hydrogen-bond donors (Lipinski definition) is 1. The monoisotopic (exact) mass is 459 g/mol. The normalized spacial score (nSPS) is 11.5. The van der Waals surface area contributed by atoms with Crippen molar-refractivity contribution in [3.63, 3.8) is 0 Å². The molecule has 0 aromatic heterocycles. The third-order valence-electron chi connectivity index (χ3n) is 4.42. The highest BCUT2D eigenvalue weighted by atomic mass is 35.5. The van der Waals surface area contributed by atoms with Crippen molar-refractivity contribution in [1.29, 1.82) is 0 Å². The number of nitrogens with one attached hydrogen (secondary N) is 1. The smallest absolute Gasteiger partial charge is 0.264 e. The summed E-state index contributed by atoms with van der Waals surface area (Å²) in [5, 5.41) is 4.10. The van der Waals surface area contributed by atoms with E-state index < -0.39 is 28.3 Å². The van der Waals surface area contributed by atoms with E-state index >= 15 is 0 Å². The largest absolute Gasteiger partial charge is 0.271 e. The first-order valence-corrected chi connectivity index (χ1v) is 11.0. The van der Waals surface area contributed by atoms with Crippen LogP contribution in [0.25, 0.3) is 0 Å². The summed E-state index contributed by atoms with van der Waals surface area (Å²) in [4.78, 5) is 12.5. The Kier molecular flexibility index (Phi) is 7.04. The molecule has 0 fully saturated rings. The zero-order valence-electron chi connectivity index (χ0n) is 16.5. The fourth-order valence-corrected chi connectivity index (χ4v) is 4.47. The molecule has 0 heterocycles. The minimum Gasteiger partial charge on any atom is -0.271 e. The highest BCUT2D eigenvalue weighted by Gasteiger charge is 2.28. The van der Waals surface area contributed by atoms with Gasteiger partial charge in [-0.15, -0.1) is 0 Å². The summed E-state index contributed by atoms with van der Waals surface area (Å²) in [5.74, 6) is -1.20. The summed E-state index contributed by atoms with van der Waals surface area (Å²) in [6, 6.07) is 18.5. The molecule has 9 heteroatoms. The average molecular weight is 460 g/mol. The first kappa shape index (κ1) is 22.5. The molecule has 0 radical (unpaired) electrons. The van der Waals surface area contributed by atoms with Crippen LogP contribution in [0.15, 0.2) is 82.8 Å². The molecule has 0 aliphatic carbocycles. The molecule has 160 valence electrons. The van der Waals surface area contributed by atoms with Gasteiger partial charge in [0.05, 0.1) is 16.8 Å². The van der Waals surface area contributed by atoms with Crippen molar-refractivity contribution in [1.82, 2.24) is 5.43 Å². The minimum atomic E-state index is -4.07. The third-order valence-corrected chi connectivity index (χ3v) is 6.61. The van der Waals surface area contributed by atoms with Gasteiger partial charge in [-0.3, -0.25) is 9.10 Å². The van der Waals surface area contributed by atoms with Crippen molar-refractivity contribution in [3.8, 4) is 0 Å². The lowest BCUT2D eigenvalue weighted by Crippen LogP contribution is -2.40. The van der Waals surface area contributed by atoms with E-state index in [1.54, 1.807) is 49.4 Å². The van der Waals surface area contributed by atoms with Gasteiger partial charge in [-0.2, -0.15) is 5.10 Å². The number of carbonyl (C=O) groups excluding carboxylic acids is 1. The molecule has 1 N–H and O–H groups in total. The first-order valence-electron chi connectivity index (χ1n) is 9.20. The third kappa shape index (κ3) is 5.28. The van der Waals surface area contributed by atoms with Gasteiger partial charge in [-0.1, -0.05) is 54.1 Å². The van der Waals surface area contributed by atoms with Gasteiger partial charge >= 0.3 is 0 Å². The van der Waals surface area contributed by atoms with Gasteiger partial charge in [-0.05, 0) is 42.8 Å². The Balaban J connectivity index is 1.89. The van der Waals surface area contributed by atoms with E-state index in [0.29, 0.717) is 10.6 Å². The summed E-state index contributed by atoms with van der Waals surface area (Å²) >= 11 is 6.18. The first-order chi connectivity index (χ1) is 14.8. The van der Waals surface area contributed by atoms with E-state index in [0.717, 1.165) is 10.5 Å². The fraction of sp³-hybridized carbons (Fsp3) is 0.0909. The zero-order chi connectivity index (χ0) is 22.4. The van der Waals surface area contributed by atoms with Gasteiger partial charge in [0.25, 0.3) is 15.9 Å². The molecule has 0 spiro atoms. The molecule has 0 atom stereocenters. The predicted molar refractivity (Wildman–Crippen MR) is 119 cm³/mol. The van der Waals surface area contributed by atoms with Crippen LogP contribution in [0.5, 0.6) is 0 Å². The van der Waals surface area contributed by atoms with E-state index in [2.05, 4.69) is 10.5 Å². The summed E-state index contributed by atoms with van der Waals surface area (Å²) in [6.07, 6.45) is 1.15. The summed E-state index contributed by atoms with van der Waals surface area (Å²) < 4.78 is 41.2. The van der Waals surface area contributed by atoms with Crippen LogP contribution in [0.4, 0.5) is 10.1 Å². The van der Waals surface area contributed by atoms with Crippen LogP contribution in [0.3, 0.4) is 0 Å². The van der Waals surface area contributed by atoms with E-state index in [9.17, 15) is 17.6 Å². The van der Waals surface area contributed by atoms with E-state index in [-0.39, 0.29) is 16.1 Å². The van der Waals surface area contributed by atoms with Crippen LogP contribution in [-0.2, 0) is 14.8 Å². The van der Waals surface area contributed by atoms with Crippen LogP contribution < -0.4 is 9.73 Å². The SMILES string of the molecule is Cc1c(Cl)cccc1N(CC(=O)N/N=C\c1ccccc1F)S(=O)(=O)c1ccccc1. The van der Waals surface area contributed by atoms with Crippen LogP contribution in [-0.4, -0.2) is 27.1 Å². The topological polar surface area (TPSA) is 78.8 Å². The summed E-state index contributed by atoms with van der Waals surface area (Å²) in [6.45, 7) is 1.12. The lowest BCUT2D eigenvalue weighted by Gasteiger charge is -2.25. The Morgan fingerprint density at radius 2 is 1.74 bits per heavy atom. The van der Waals surface area contributed by atoms with Crippen LogP contribution in [0.1, 0.15) is 11.1 Å². The van der Waals surface area contributed by atoms with E-state index in [1.807, 2.05) is 0 Å². The molecule has 3 aromatic carbocycles. The summed E-state index contributed by atoms with van der Waals surface area (Å²) in [7, 11) is -4.07. The molecular weight excluding hydrogens is 441 g/mol. The van der Waals surface area contributed by atoms with E-state index in [1.165, 1.54) is 30.3 Å². The van der Waals surface area contributed by atoms with Crippen molar-refractivity contribution in [2.45, 2.75) is 11.8 Å².